The largest absolute Gasteiger partial charge is 0.507 e. The van der Waals surface area contributed by atoms with E-state index in [2.05, 4.69) is 26.1 Å². The Morgan fingerprint density at radius 1 is 0.951 bits per heavy atom. The van der Waals surface area contributed by atoms with Gasteiger partial charge in [0.05, 0.1) is 32.6 Å². The highest BCUT2D eigenvalue weighted by molar-refractivity contribution is 7.17. The molecule has 0 fully saturated rings. The lowest BCUT2D eigenvalue weighted by Gasteiger charge is -2.11. The Morgan fingerprint density at radius 2 is 1.71 bits per heavy atom. The molecule has 0 saturated carbocycles. The summed E-state index contributed by atoms with van der Waals surface area (Å²) in [5.41, 5.74) is 4.02. The van der Waals surface area contributed by atoms with Crippen LogP contribution in [0, 0.1) is 13.8 Å². The molecule has 0 aliphatic heterocycles. The second-order valence-corrected chi connectivity index (χ2v) is 10.9. The van der Waals surface area contributed by atoms with Crippen LogP contribution in [0.3, 0.4) is 0 Å². The minimum absolute atomic E-state index is 0.0515. The van der Waals surface area contributed by atoms with Gasteiger partial charge in [-0.3, -0.25) is 14.4 Å². The lowest BCUT2D eigenvalue weighted by atomic mass is 10.1. The number of hydrogen-bond donors (Lipinski definition) is 4. The number of benzene rings is 3. The first-order valence-corrected chi connectivity index (χ1v) is 13.9. The highest BCUT2D eigenvalue weighted by Gasteiger charge is 2.23. The van der Waals surface area contributed by atoms with E-state index in [0.29, 0.717) is 47.7 Å². The van der Waals surface area contributed by atoms with Crippen LogP contribution in [-0.4, -0.2) is 33.4 Å². The number of carbonyl (C=O) groups excluding carboxylic acids is 3. The van der Waals surface area contributed by atoms with Crippen LogP contribution in [-0.2, 0) is 4.79 Å². The van der Waals surface area contributed by atoms with Gasteiger partial charge in [-0.1, -0.05) is 64.3 Å². The van der Waals surface area contributed by atoms with E-state index in [1.54, 1.807) is 62.4 Å². The van der Waals surface area contributed by atoms with E-state index in [1.165, 1.54) is 12.1 Å². The Bertz CT molecular complexity index is 1690. The molecular weight excluding hydrogens is 609 g/mol. The lowest BCUT2D eigenvalue weighted by molar-refractivity contribution is -0.110. The number of rotatable bonds is 9. The molecule has 0 unspecified atom stereocenters. The number of nitrogens with one attached hydrogen (secondary N) is 3. The number of nitrogens with zero attached hydrogens (tertiary/aromatic N) is 2. The lowest BCUT2D eigenvalue weighted by Crippen LogP contribution is -2.29. The van der Waals surface area contributed by atoms with Gasteiger partial charge in [0.15, 0.2) is 10.9 Å². The minimum Gasteiger partial charge on any atom is -0.507 e. The average molecular weight is 631 g/mol. The maximum absolute atomic E-state index is 13.4. The SMILES string of the molecule is Cc1nc(Nc2ccc(Cl)c(Cl)c2)sc1C(=O)CC(=NNC(=O)c1ccccc1O)C(=O)Nc1cccc(Cl)c1C. The Morgan fingerprint density at radius 3 is 2.44 bits per heavy atom. The van der Waals surface area contributed by atoms with Crippen LogP contribution in [0.4, 0.5) is 16.5 Å². The van der Waals surface area contributed by atoms with Gasteiger partial charge in [-0.15, -0.1) is 0 Å². The number of amides is 2. The third-order valence-corrected chi connectivity index (χ3v) is 8.03. The Labute approximate surface area is 254 Å². The number of phenolic OH excluding ortho intramolecular Hbond substituents is 1. The van der Waals surface area contributed by atoms with Gasteiger partial charge in [-0.05, 0) is 61.9 Å². The van der Waals surface area contributed by atoms with Crippen molar-refractivity contribution in [1.82, 2.24) is 10.4 Å². The number of aromatic nitrogens is 1. The van der Waals surface area contributed by atoms with Gasteiger partial charge >= 0.3 is 0 Å². The molecule has 0 atom stereocenters. The van der Waals surface area contributed by atoms with E-state index in [1.807, 2.05) is 0 Å². The number of hydrogen-bond acceptors (Lipinski definition) is 8. The fourth-order valence-electron chi connectivity index (χ4n) is 3.59. The van der Waals surface area contributed by atoms with Gasteiger partial charge < -0.3 is 15.7 Å². The van der Waals surface area contributed by atoms with Crippen LogP contribution in [0.15, 0.2) is 65.8 Å². The summed E-state index contributed by atoms with van der Waals surface area (Å²) in [5.74, 6) is -2.20. The summed E-state index contributed by atoms with van der Waals surface area (Å²) in [5, 5.41) is 21.3. The number of hydrazone groups is 1. The predicted octanol–water partition coefficient (Wildman–Crippen LogP) is 7.17. The molecule has 0 bridgehead atoms. The van der Waals surface area contributed by atoms with Gasteiger partial charge in [0.2, 0.25) is 0 Å². The average Bonchev–Trinajstić information content (AvgIpc) is 3.30. The molecule has 41 heavy (non-hydrogen) atoms. The molecule has 0 aliphatic carbocycles. The van der Waals surface area contributed by atoms with E-state index in [9.17, 15) is 19.5 Å². The van der Waals surface area contributed by atoms with Gasteiger partial charge in [0.1, 0.15) is 11.5 Å². The van der Waals surface area contributed by atoms with E-state index >= 15 is 0 Å². The fourth-order valence-corrected chi connectivity index (χ4v) is 4.99. The molecular formula is C28H22Cl3N5O4S. The molecule has 0 saturated heterocycles. The summed E-state index contributed by atoms with van der Waals surface area (Å²) in [6, 6.07) is 15.8. The third kappa shape index (κ3) is 7.42. The number of carbonyl (C=O) groups is 3. The summed E-state index contributed by atoms with van der Waals surface area (Å²) in [6.45, 7) is 3.39. The van der Waals surface area contributed by atoms with Gasteiger partial charge in [0.25, 0.3) is 11.8 Å². The zero-order valence-electron chi connectivity index (χ0n) is 21.6. The molecule has 0 radical (unpaired) electrons. The van der Waals surface area contributed by atoms with Gasteiger partial charge in [-0.2, -0.15) is 5.10 Å². The van der Waals surface area contributed by atoms with Gasteiger partial charge in [-0.25, -0.2) is 10.4 Å². The van der Waals surface area contributed by atoms with Crippen molar-refractivity contribution in [3.8, 4) is 5.75 Å². The highest BCUT2D eigenvalue weighted by atomic mass is 35.5. The predicted molar refractivity (Wildman–Crippen MR) is 163 cm³/mol. The van der Waals surface area contributed by atoms with Crippen LogP contribution < -0.4 is 16.1 Å². The van der Waals surface area contributed by atoms with Gasteiger partial charge in [0, 0.05) is 16.4 Å². The quantitative estimate of drug-likeness (QED) is 0.0881. The molecule has 4 aromatic rings. The van der Waals surface area contributed by atoms with Crippen LogP contribution in [0.2, 0.25) is 15.1 Å². The van der Waals surface area contributed by atoms with Crippen molar-refractivity contribution in [2.75, 3.05) is 10.6 Å². The van der Waals surface area contributed by atoms with Crippen LogP contribution in [0.5, 0.6) is 5.75 Å². The van der Waals surface area contributed by atoms with E-state index in [4.69, 9.17) is 34.8 Å². The highest BCUT2D eigenvalue weighted by Crippen LogP contribution is 2.30. The molecule has 9 nitrogen and oxygen atoms in total. The minimum atomic E-state index is -0.762. The first-order chi connectivity index (χ1) is 19.5. The maximum Gasteiger partial charge on any atom is 0.275 e. The summed E-state index contributed by atoms with van der Waals surface area (Å²) in [6.07, 6.45) is -0.457. The number of phenols is 1. The number of ketones is 1. The van der Waals surface area contributed by atoms with Crippen LogP contribution in [0.1, 0.15) is 37.7 Å². The number of anilines is 3. The number of aryl methyl sites for hydroxylation is 1. The zero-order chi connectivity index (χ0) is 29.7. The molecule has 4 N–H and O–H groups in total. The van der Waals surface area contributed by atoms with Crippen LogP contribution >= 0.6 is 46.1 Å². The normalized spacial score (nSPS) is 11.2. The van der Waals surface area contributed by atoms with Crippen molar-refractivity contribution < 1.29 is 19.5 Å². The van der Waals surface area contributed by atoms with E-state index in [-0.39, 0.29) is 17.0 Å². The molecule has 0 aliphatic rings. The van der Waals surface area contributed by atoms with E-state index < -0.39 is 24.0 Å². The molecule has 1 aromatic heterocycles. The van der Waals surface area contributed by atoms with Crippen molar-refractivity contribution in [3.05, 3.63) is 97.4 Å². The summed E-state index contributed by atoms with van der Waals surface area (Å²) in [7, 11) is 0. The first kappa shape index (κ1) is 30.0. The smallest absolute Gasteiger partial charge is 0.275 e. The standard InChI is InChI=1S/C28H22Cl3N5O4S/c1-14-18(29)7-5-8-21(14)34-27(40)22(35-36-26(39)17-6-3-4-9-23(17)37)13-24(38)25-15(2)32-28(41-25)33-16-10-11-19(30)20(31)12-16/h3-12,37H,13H2,1-2H3,(H,32,33)(H,34,40)(H,36,39). The van der Waals surface area contributed by atoms with Crippen molar-refractivity contribution in [3.63, 3.8) is 0 Å². The number of halogens is 3. The van der Waals surface area contributed by atoms with Crippen molar-refractivity contribution in [2.24, 2.45) is 5.10 Å². The molecule has 4 rings (SSSR count). The molecule has 210 valence electrons. The first-order valence-electron chi connectivity index (χ1n) is 12.0. The van der Waals surface area contributed by atoms with Crippen molar-refractivity contribution in [2.45, 2.75) is 20.3 Å². The molecule has 0 spiro atoms. The Balaban J connectivity index is 1.58. The molecule has 1 heterocycles. The fraction of sp³-hybridized carbons (Fsp3) is 0.107. The topological polar surface area (TPSA) is 133 Å². The van der Waals surface area contributed by atoms with Crippen molar-refractivity contribution >= 4 is 86.0 Å². The monoisotopic (exact) mass is 629 g/mol. The molecule has 3 aromatic carbocycles. The second kappa shape index (κ2) is 13.1. The number of para-hydroxylation sites is 1. The zero-order valence-corrected chi connectivity index (χ0v) is 24.7. The number of aromatic hydroxyl groups is 1. The summed E-state index contributed by atoms with van der Waals surface area (Å²) in [4.78, 5) is 43.9. The summed E-state index contributed by atoms with van der Waals surface area (Å²) < 4.78 is 0. The Hall–Kier alpha value is -3.96. The van der Waals surface area contributed by atoms with Crippen molar-refractivity contribution in [1.29, 1.82) is 0 Å². The molecule has 13 heteroatoms. The molecule has 2 amide bonds. The maximum atomic E-state index is 13.4. The van der Waals surface area contributed by atoms with Crippen LogP contribution in [0.25, 0.3) is 0 Å². The summed E-state index contributed by atoms with van der Waals surface area (Å²) >= 11 is 19.3. The Kier molecular flexibility index (Phi) is 9.61. The second-order valence-electron chi connectivity index (χ2n) is 8.67. The number of Topliss-reactive ketones (excluding diaryl/α,β-unsaturated/α-hetero) is 1. The third-order valence-electron chi connectivity index (χ3n) is 5.77. The number of thiazole rings is 1. The van der Waals surface area contributed by atoms with E-state index in [0.717, 1.165) is 11.3 Å².